The fraction of sp³-hybridized carbons (Fsp3) is 0.556. The number of likely N-dealkylation sites (tertiary alicyclic amines) is 1. The van der Waals surface area contributed by atoms with E-state index in [4.69, 9.17) is 5.73 Å². The van der Waals surface area contributed by atoms with Gasteiger partial charge in [0.25, 0.3) is 0 Å². The highest BCUT2D eigenvalue weighted by Gasteiger charge is 2.33. The Morgan fingerprint density at radius 1 is 1.29 bits per heavy atom. The summed E-state index contributed by atoms with van der Waals surface area (Å²) in [5.74, 6) is 0.472. The highest BCUT2D eigenvalue weighted by atomic mass is 16.2. The molecule has 6 nitrogen and oxygen atoms in total. The van der Waals surface area contributed by atoms with Crippen molar-refractivity contribution in [2.45, 2.75) is 18.9 Å². The van der Waals surface area contributed by atoms with Crippen molar-refractivity contribution in [2.75, 3.05) is 40.3 Å². The quantitative estimate of drug-likeness (QED) is 0.783. The average Bonchev–Trinajstić information content (AvgIpc) is 2.97. The van der Waals surface area contributed by atoms with E-state index in [1.54, 1.807) is 21.0 Å². The molecule has 0 aromatic heterocycles. The third kappa shape index (κ3) is 4.55. The molecule has 0 bridgehead atoms. The summed E-state index contributed by atoms with van der Waals surface area (Å²) in [6, 6.07) is 9.80. The van der Waals surface area contributed by atoms with Gasteiger partial charge in [-0.1, -0.05) is 30.3 Å². The predicted octanol–water partition coefficient (Wildman–Crippen LogP) is 0.254. The van der Waals surface area contributed by atoms with Gasteiger partial charge in [-0.3, -0.25) is 14.5 Å². The maximum Gasteiger partial charge on any atom is 0.244 e. The molecule has 2 rings (SSSR count). The van der Waals surface area contributed by atoms with Crippen molar-refractivity contribution in [2.24, 2.45) is 11.7 Å². The standard InChI is InChI=1S/C18H28N4O2/c1-13(18(24)21(2)3)20-17(23)12-22-10-15(9-19)16(11-22)14-7-5-4-6-8-14/h4-8,13,15-16H,9-12,19H2,1-3H3,(H,20,23)/t13?,15-,16+/m1/s1. The van der Waals surface area contributed by atoms with Gasteiger partial charge in [0.1, 0.15) is 6.04 Å². The Hall–Kier alpha value is -1.92. The number of benzene rings is 1. The highest BCUT2D eigenvalue weighted by Crippen LogP contribution is 2.31. The van der Waals surface area contributed by atoms with Crippen molar-refractivity contribution in [3.05, 3.63) is 35.9 Å². The molecule has 3 N–H and O–H groups in total. The summed E-state index contributed by atoms with van der Waals surface area (Å²) in [5.41, 5.74) is 7.20. The van der Waals surface area contributed by atoms with E-state index in [1.807, 2.05) is 18.2 Å². The lowest BCUT2D eigenvalue weighted by atomic mass is 9.89. The van der Waals surface area contributed by atoms with Gasteiger partial charge in [-0.25, -0.2) is 0 Å². The van der Waals surface area contributed by atoms with E-state index >= 15 is 0 Å². The van der Waals surface area contributed by atoms with Gasteiger partial charge >= 0.3 is 0 Å². The number of carbonyl (C=O) groups excluding carboxylic acids is 2. The molecule has 0 aliphatic carbocycles. The molecule has 24 heavy (non-hydrogen) atoms. The van der Waals surface area contributed by atoms with Crippen LogP contribution in [0.4, 0.5) is 0 Å². The molecule has 1 saturated heterocycles. The molecule has 0 spiro atoms. The number of nitrogens with one attached hydrogen (secondary N) is 1. The molecule has 1 fully saturated rings. The van der Waals surface area contributed by atoms with Crippen LogP contribution < -0.4 is 11.1 Å². The molecule has 1 aliphatic rings. The van der Waals surface area contributed by atoms with Crippen molar-refractivity contribution in [3.63, 3.8) is 0 Å². The topological polar surface area (TPSA) is 78.7 Å². The molecule has 6 heteroatoms. The maximum absolute atomic E-state index is 12.2. The third-order valence-corrected chi connectivity index (χ3v) is 4.60. The molecule has 1 aromatic rings. The Kier molecular flexibility index (Phi) is 6.34. The number of likely N-dealkylation sites (N-methyl/N-ethyl adjacent to an activating group) is 1. The second kappa shape index (κ2) is 8.26. The Labute approximate surface area is 144 Å². The first-order chi connectivity index (χ1) is 11.4. The Morgan fingerprint density at radius 2 is 1.96 bits per heavy atom. The fourth-order valence-electron chi connectivity index (χ4n) is 3.35. The van der Waals surface area contributed by atoms with Crippen molar-refractivity contribution in [1.82, 2.24) is 15.1 Å². The molecule has 0 radical (unpaired) electrons. The van der Waals surface area contributed by atoms with Crippen LogP contribution in [0.1, 0.15) is 18.4 Å². The van der Waals surface area contributed by atoms with Gasteiger partial charge in [-0.05, 0) is 24.9 Å². The molecule has 1 unspecified atom stereocenters. The Bertz CT molecular complexity index is 561. The van der Waals surface area contributed by atoms with Crippen LogP contribution in [0, 0.1) is 5.92 Å². The van der Waals surface area contributed by atoms with Gasteiger partial charge in [-0.2, -0.15) is 0 Å². The van der Waals surface area contributed by atoms with Crippen LogP contribution >= 0.6 is 0 Å². The van der Waals surface area contributed by atoms with Crippen molar-refractivity contribution in [3.8, 4) is 0 Å². The van der Waals surface area contributed by atoms with E-state index in [0.29, 0.717) is 24.9 Å². The number of rotatable bonds is 6. The zero-order valence-corrected chi connectivity index (χ0v) is 14.7. The molecule has 132 valence electrons. The summed E-state index contributed by atoms with van der Waals surface area (Å²) in [6.45, 7) is 4.23. The van der Waals surface area contributed by atoms with Gasteiger partial charge in [-0.15, -0.1) is 0 Å². The van der Waals surface area contributed by atoms with Crippen molar-refractivity contribution >= 4 is 11.8 Å². The third-order valence-electron chi connectivity index (χ3n) is 4.60. The summed E-state index contributed by atoms with van der Waals surface area (Å²) < 4.78 is 0. The number of nitrogens with zero attached hydrogens (tertiary/aromatic N) is 2. The second-order valence-corrected chi connectivity index (χ2v) is 6.73. The lowest BCUT2D eigenvalue weighted by molar-refractivity contribution is -0.134. The maximum atomic E-state index is 12.2. The molecular formula is C18H28N4O2. The second-order valence-electron chi connectivity index (χ2n) is 6.73. The minimum atomic E-state index is -0.509. The van der Waals surface area contributed by atoms with Gasteiger partial charge in [0.05, 0.1) is 6.54 Å². The summed E-state index contributed by atoms with van der Waals surface area (Å²) in [4.78, 5) is 27.7. The van der Waals surface area contributed by atoms with E-state index in [-0.39, 0.29) is 11.8 Å². The summed E-state index contributed by atoms with van der Waals surface area (Å²) >= 11 is 0. The van der Waals surface area contributed by atoms with Gasteiger partial charge in [0.15, 0.2) is 0 Å². The largest absolute Gasteiger partial charge is 0.347 e. The first kappa shape index (κ1) is 18.4. The van der Waals surface area contributed by atoms with Crippen LogP contribution in [-0.4, -0.2) is 67.9 Å². The van der Waals surface area contributed by atoms with E-state index in [9.17, 15) is 9.59 Å². The van der Waals surface area contributed by atoms with Gasteiger partial charge < -0.3 is 16.0 Å². The number of carbonyl (C=O) groups is 2. The summed E-state index contributed by atoms with van der Waals surface area (Å²) in [5, 5.41) is 2.77. The van der Waals surface area contributed by atoms with Crippen molar-refractivity contribution < 1.29 is 9.59 Å². The molecule has 1 heterocycles. The molecule has 3 atom stereocenters. The SMILES string of the molecule is CC(NC(=O)CN1C[C@@H](CN)[C@H](c2ccccc2)C1)C(=O)N(C)C. The number of amides is 2. The fourth-order valence-corrected chi connectivity index (χ4v) is 3.35. The minimum absolute atomic E-state index is 0.105. The molecule has 0 saturated carbocycles. The Balaban J connectivity index is 1.92. The number of hydrogen-bond donors (Lipinski definition) is 2. The Morgan fingerprint density at radius 3 is 2.54 bits per heavy atom. The number of hydrogen-bond acceptors (Lipinski definition) is 4. The lowest BCUT2D eigenvalue weighted by Gasteiger charge is -2.20. The molecule has 1 aromatic carbocycles. The zero-order chi connectivity index (χ0) is 17.7. The van der Waals surface area contributed by atoms with Crippen molar-refractivity contribution in [1.29, 1.82) is 0 Å². The van der Waals surface area contributed by atoms with Crippen LogP contribution in [0.15, 0.2) is 30.3 Å². The average molecular weight is 332 g/mol. The normalized spacial score (nSPS) is 22.2. The zero-order valence-electron chi connectivity index (χ0n) is 14.7. The van der Waals surface area contributed by atoms with E-state index < -0.39 is 6.04 Å². The predicted molar refractivity (Wildman–Crippen MR) is 94.5 cm³/mol. The number of nitrogens with two attached hydrogens (primary N) is 1. The molecule has 1 aliphatic heterocycles. The van der Waals surface area contributed by atoms with Gasteiger partial charge in [0, 0.05) is 33.1 Å². The first-order valence-electron chi connectivity index (χ1n) is 8.40. The summed E-state index contributed by atoms with van der Waals surface area (Å²) in [7, 11) is 3.36. The lowest BCUT2D eigenvalue weighted by Crippen LogP contribution is -2.47. The summed E-state index contributed by atoms with van der Waals surface area (Å²) in [6.07, 6.45) is 0. The van der Waals surface area contributed by atoms with Crippen LogP contribution in [0.2, 0.25) is 0 Å². The van der Waals surface area contributed by atoms with Crippen LogP contribution in [-0.2, 0) is 9.59 Å². The molecular weight excluding hydrogens is 304 g/mol. The monoisotopic (exact) mass is 332 g/mol. The van der Waals surface area contributed by atoms with E-state index in [1.165, 1.54) is 10.5 Å². The molecule has 2 amide bonds. The minimum Gasteiger partial charge on any atom is -0.347 e. The smallest absolute Gasteiger partial charge is 0.244 e. The first-order valence-corrected chi connectivity index (χ1v) is 8.40. The van der Waals surface area contributed by atoms with E-state index in [2.05, 4.69) is 22.3 Å². The van der Waals surface area contributed by atoms with E-state index in [0.717, 1.165) is 13.1 Å². The van der Waals surface area contributed by atoms with Gasteiger partial charge in [0.2, 0.25) is 11.8 Å². The highest BCUT2D eigenvalue weighted by molar-refractivity contribution is 5.87. The van der Waals surface area contributed by atoms with Crippen LogP contribution in [0.3, 0.4) is 0 Å². The van der Waals surface area contributed by atoms with Crippen LogP contribution in [0.25, 0.3) is 0 Å². The van der Waals surface area contributed by atoms with Crippen LogP contribution in [0.5, 0.6) is 0 Å².